The number of aromatic nitrogens is 2. The lowest BCUT2D eigenvalue weighted by atomic mass is 10.1. The van der Waals surface area contributed by atoms with Gasteiger partial charge < -0.3 is 14.9 Å². The third kappa shape index (κ3) is 4.07. The maximum Gasteiger partial charge on any atom is 0.433 e. The Kier molecular flexibility index (Phi) is 5.55. The predicted molar refractivity (Wildman–Crippen MR) is 113 cm³/mol. The van der Waals surface area contributed by atoms with E-state index >= 15 is 0 Å². The molecule has 2 saturated carbocycles. The normalized spacial score (nSPS) is 24.2. The average Bonchev–Trinajstić information content (AvgIpc) is 3.43. The summed E-state index contributed by atoms with van der Waals surface area (Å²) in [5.41, 5.74) is -0.666. The zero-order valence-corrected chi connectivity index (χ0v) is 18.6. The summed E-state index contributed by atoms with van der Waals surface area (Å²) in [6.45, 7) is 0.493. The number of aliphatic hydroxyl groups excluding tert-OH is 1. The minimum atomic E-state index is -4.66. The molecule has 5 rings (SSSR count). The van der Waals surface area contributed by atoms with Crippen molar-refractivity contribution in [3.05, 3.63) is 34.1 Å². The Morgan fingerprint density at radius 1 is 1.18 bits per heavy atom. The number of hydrogen-bond acceptors (Lipinski definition) is 4. The Hall–Kier alpha value is -2.33. The molecule has 3 fully saturated rings. The van der Waals surface area contributed by atoms with Crippen LogP contribution in [0.25, 0.3) is 5.52 Å². The molecular weight excluding hydrogens is 461 g/mol. The van der Waals surface area contributed by atoms with Gasteiger partial charge in [0.2, 0.25) is 5.91 Å². The minimum absolute atomic E-state index is 0.0425. The van der Waals surface area contributed by atoms with Gasteiger partial charge in [0, 0.05) is 25.7 Å². The first-order chi connectivity index (χ1) is 15.7. The summed E-state index contributed by atoms with van der Waals surface area (Å²) in [5, 5.41) is 13.2. The van der Waals surface area contributed by atoms with Gasteiger partial charge in [-0.3, -0.25) is 9.59 Å². The number of piperazine rings is 1. The fraction of sp³-hybridized carbons (Fsp3) is 0.591. The molecule has 3 aliphatic rings. The van der Waals surface area contributed by atoms with E-state index in [2.05, 4.69) is 5.10 Å². The van der Waals surface area contributed by atoms with E-state index in [1.165, 1.54) is 4.90 Å². The molecule has 2 aromatic rings. The van der Waals surface area contributed by atoms with Crippen LogP contribution in [0.5, 0.6) is 0 Å². The molecule has 33 heavy (non-hydrogen) atoms. The van der Waals surface area contributed by atoms with Crippen molar-refractivity contribution in [2.75, 3.05) is 26.2 Å². The molecule has 2 atom stereocenters. The van der Waals surface area contributed by atoms with Gasteiger partial charge in [-0.25, -0.2) is 4.52 Å². The molecule has 0 unspecified atom stereocenters. The molecule has 0 aromatic carbocycles. The van der Waals surface area contributed by atoms with Gasteiger partial charge in [-0.2, -0.15) is 18.3 Å². The van der Waals surface area contributed by atoms with Crippen LogP contribution in [0.3, 0.4) is 0 Å². The van der Waals surface area contributed by atoms with Crippen LogP contribution in [0.15, 0.2) is 12.1 Å². The number of fused-ring (bicyclic) bond motifs is 1. The first kappa shape index (κ1) is 22.5. The Morgan fingerprint density at radius 3 is 2.55 bits per heavy atom. The maximum absolute atomic E-state index is 13.7. The third-order valence-electron chi connectivity index (χ3n) is 6.99. The number of carbonyl (C=O) groups is 2. The van der Waals surface area contributed by atoms with Crippen molar-refractivity contribution in [2.24, 2.45) is 5.92 Å². The van der Waals surface area contributed by atoms with E-state index in [0.717, 1.165) is 38.2 Å². The van der Waals surface area contributed by atoms with Crippen molar-refractivity contribution in [3.63, 3.8) is 0 Å². The highest BCUT2D eigenvalue weighted by Crippen LogP contribution is 2.43. The van der Waals surface area contributed by atoms with Crippen molar-refractivity contribution in [2.45, 2.75) is 50.2 Å². The van der Waals surface area contributed by atoms with Crippen molar-refractivity contribution in [1.82, 2.24) is 19.4 Å². The molecule has 1 saturated heterocycles. The molecule has 7 nitrogen and oxygen atoms in total. The lowest BCUT2D eigenvalue weighted by molar-refractivity contribution is -0.142. The number of hydrogen-bond donors (Lipinski definition) is 1. The van der Waals surface area contributed by atoms with Crippen LogP contribution < -0.4 is 0 Å². The van der Waals surface area contributed by atoms with Gasteiger partial charge in [-0.05, 0) is 61.6 Å². The Bertz CT molecular complexity index is 1110. The van der Waals surface area contributed by atoms with Crippen LogP contribution in [0.2, 0.25) is 5.02 Å². The summed E-state index contributed by atoms with van der Waals surface area (Å²) < 4.78 is 41.8. The van der Waals surface area contributed by atoms with E-state index in [1.54, 1.807) is 11.0 Å². The summed E-state index contributed by atoms with van der Waals surface area (Å²) in [7, 11) is 0. The lowest BCUT2D eigenvalue weighted by Gasteiger charge is -2.37. The number of carbonyl (C=O) groups excluding carboxylic acids is 2. The van der Waals surface area contributed by atoms with E-state index in [9.17, 15) is 27.9 Å². The van der Waals surface area contributed by atoms with Gasteiger partial charge in [-0.1, -0.05) is 11.6 Å². The van der Waals surface area contributed by atoms with Gasteiger partial charge in [0.1, 0.15) is 12.2 Å². The fourth-order valence-electron chi connectivity index (χ4n) is 5.02. The molecule has 1 aliphatic heterocycles. The van der Waals surface area contributed by atoms with Crippen LogP contribution in [0.1, 0.15) is 59.8 Å². The second-order valence-electron chi connectivity index (χ2n) is 9.23. The molecule has 0 bridgehead atoms. The lowest BCUT2D eigenvalue weighted by Crippen LogP contribution is -2.55. The number of rotatable bonds is 4. The number of alkyl halides is 3. The summed E-state index contributed by atoms with van der Waals surface area (Å²) in [4.78, 5) is 28.9. The van der Waals surface area contributed by atoms with Gasteiger partial charge in [0.05, 0.1) is 10.5 Å². The molecule has 2 amide bonds. The second kappa shape index (κ2) is 8.16. The highest BCUT2D eigenvalue weighted by molar-refractivity contribution is 6.36. The average molecular weight is 485 g/mol. The predicted octanol–water partition coefficient (Wildman–Crippen LogP) is 3.33. The Labute approximate surface area is 193 Å². The molecule has 2 aromatic heterocycles. The number of nitrogens with zero attached hydrogens (tertiary/aromatic N) is 4. The highest BCUT2D eigenvalue weighted by Gasteiger charge is 2.40. The van der Waals surface area contributed by atoms with Gasteiger partial charge in [0.15, 0.2) is 5.69 Å². The molecule has 178 valence electrons. The summed E-state index contributed by atoms with van der Waals surface area (Å²) in [6.07, 6.45) is -0.622. The Balaban J connectivity index is 1.40. The van der Waals surface area contributed by atoms with E-state index in [4.69, 9.17) is 11.6 Å². The molecule has 2 aliphatic carbocycles. The summed E-state index contributed by atoms with van der Waals surface area (Å²) in [5.74, 6) is -0.627. The van der Waals surface area contributed by atoms with Crippen LogP contribution >= 0.6 is 11.6 Å². The zero-order valence-electron chi connectivity index (χ0n) is 17.8. The van der Waals surface area contributed by atoms with Crippen molar-refractivity contribution < 1.29 is 27.9 Å². The smallest absolute Gasteiger partial charge is 0.396 e. The quantitative estimate of drug-likeness (QED) is 0.722. The van der Waals surface area contributed by atoms with Crippen LogP contribution in [-0.4, -0.2) is 68.6 Å². The largest absolute Gasteiger partial charge is 0.433 e. The minimum Gasteiger partial charge on any atom is -0.396 e. The number of amides is 2. The van der Waals surface area contributed by atoms with Crippen molar-refractivity contribution >= 4 is 28.9 Å². The molecule has 1 N–H and O–H groups in total. The zero-order chi connectivity index (χ0) is 23.5. The summed E-state index contributed by atoms with van der Waals surface area (Å²) in [6, 6.07) is 2.69. The van der Waals surface area contributed by atoms with E-state index in [-0.39, 0.29) is 59.7 Å². The van der Waals surface area contributed by atoms with Gasteiger partial charge >= 0.3 is 6.18 Å². The number of halogens is 4. The topological polar surface area (TPSA) is 78.2 Å². The van der Waals surface area contributed by atoms with Crippen molar-refractivity contribution in [3.8, 4) is 0 Å². The first-order valence-electron chi connectivity index (χ1n) is 11.2. The summed E-state index contributed by atoms with van der Waals surface area (Å²) >= 11 is 6.37. The molecule has 11 heteroatoms. The second-order valence-corrected chi connectivity index (χ2v) is 9.61. The Morgan fingerprint density at radius 2 is 1.94 bits per heavy atom. The first-order valence-corrected chi connectivity index (χ1v) is 11.5. The fourth-order valence-corrected chi connectivity index (χ4v) is 5.28. The van der Waals surface area contributed by atoms with Crippen LogP contribution in [-0.2, 0) is 11.0 Å². The van der Waals surface area contributed by atoms with Crippen LogP contribution in [0.4, 0.5) is 13.2 Å². The third-order valence-corrected chi connectivity index (χ3v) is 7.37. The monoisotopic (exact) mass is 484 g/mol. The van der Waals surface area contributed by atoms with Crippen LogP contribution in [0, 0.1) is 5.92 Å². The van der Waals surface area contributed by atoms with E-state index in [0.29, 0.717) is 16.6 Å². The number of aliphatic hydroxyl groups is 1. The van der Waals surface area contributed by atoms with Crippen molar-refractivity contribution in [1.29, 1.82) is 0 Å². The van der Waals surface area contributed by atoms with Gasteiger partial charge in [-0.15, -0.1) is 0 Å². The molecule has 3 heterocycles. The van der Waals surface area contributed by atoms with Gasteiger partial charge in [0.25, 0.3) is 5.91 Å². The van der Waals surface area contributed by atoms with E-state index in [1.807, 2.05) is 0 Å². The highest BCUT2D eigenvalue weighted by atomic mass is 35.5. The van der Waals surface area contributed by atoms with E-state index < -0.39 is 17.8 Å². The number of pyridine rings is 1. The SMILES string of the molecule is O=C(c1nn2c(C(F)(F)F)cc(C3CC3)cc2c1Cl)N1CCN([C@@H]2CC[C@@H](CO)C2)C(=O)C1. The molecular formula is C22H24ClF3N4O3. The standard InChI is InChI=1S/C22H24ClF3N4O3/c23-19-16-8-14(13-2-3-13)9-17(22(24,25)26)30(16)27-20(19)21(33)28-5-6-29(18(32)10-28)15-4-1-12(7-15)11-31/h8-9,12-13,15,31H,1-7,10-11H2/t12-,15-/m1/s1. The molecule has 0 radical (unpaired) electrons. The molecule has 0 spiro atoms. The maximum atomic E-state index is 13.7.